The molecule has 0 aromatic carbocycles. The van der Waals surface area contributed by atoms with Crippen LogP contribution in [0.15, 0.2) is 17.5 Å². The van der Waals surface area contributed by atoms with E-state index in [1.807, 2.05) is 17.5 Å². The molecule has 22 heavy (non-hydrogen) atoms. The van der Waals surface area contributed by atoms with Crippen LogP contribution in [0.2, 0.25) is 0 Å². The van der Waals surface area contributed by atoms with Gasteiger partial charge in [-0.3, -0.25) is 9.59 Å². The van der Waals surface area contributed by atoms with Crippen LogP contribution in [0.5, 0.6) is 0 Å². The first-order chi connectivity index (χ1) is 10.6. The average molecular weight is 337 g/mol. The van der Waals surface area contributed by atoms with Crippen molar-refractivity contribution in [2.45, 2.75) is 25.7 Å². The third kappa shape index (κ3) is 3.17. The average Bonchev–Trinajstić information content (AvgIpc) is 3.17. The maximum Gasteiger partial charge on any atom is 0.307 e. The van der Waals surface area contributed by atoms with Crippen LogP contribution in [0, 0.1) is 11.8 Å². The van der Waals surface area contributed by atoms with Gasteiger partial charge in [0.05, 0.1) is 16.7 Å². The molecular weight excluding hydrogens is 322 g/mol. The molecule has 1 aliphatic carbocycles. The largest absolute Gasteiger partial charge is 0.481 e. The molecule has 0 saturated heterocycles. The Kier molecular flexibility index (Phi) is 4.49. The summed E-state index contributed by atoms with van der Waals surface area (Å²) in [5.74, 6) is -2.24. The van der Waals surface area contributed by atoms with Gasteiger partial charge in [-0.05, 0) is 24.3 Å². The zero-order valence-electron chi connectivity index (χ0n) is 11.7. The number of carbonyl (C=O) groups excluding carboxylic acids is 1. The van der Waals surface area contributed by atoms with E-state index in [1.165, 1.54) is 11.3 Å². The minimum atomic E-state index is -0.892. The maximum atomic E-state index is 12.3. The van der Waals surface area contributed by atoms with Gasteiger partial charge in [0, 0.05) is 0 Å². The van der Waals surface area contributed by atoms with E-state index in [0.29, 0.717) is 18.0 Å². The minimum Gasteiger partial charge on any atom is -0.481 e. The van der Waals surface area contributed by atoms with E-state index in [1.54, 1.807) is 11.3 Å². The predicted octanol–water partition coefficient (Wildman–Crippen LogP) is 3.10. The summed E-state index contributed by atoms with van der Waals surface area (Å²) in [5, 5.41) is 23.1. The summed E-state index contributed by atoms with van der Waals surface area (Å²) in [5.41, 5.74) is 0. The number of carboxylic acids is 1. The van der Waals surface area contributed by atoms with Crippen molar-refractivity contribution in [3.63, 3.8) is 0 Å². The lowest BCUT2D eigenvalue weighted by atomic mass is 9.79. The summed E-state index contributed by atoms with van der Waals surface area (Å²) in [6.45, 7) is 0. The molecule has 0 bridgehead atoms. The number of nitrogens with one attached hydrogen (secondary N) is 1. The smallest absolute Gasteiger partial charge is 0.307 e. The van der Waals surface area contributed by atoms with Crippen LogP contribution in [0.25, 0.3) is 9.88 Å². The number of hydrogen-bond acceptors (Lipinski definition) is 6. The SMILES string of the molecule is O=C(O)[C@H]1CCCC[C@@H]1C(=O)Nc1nnc(-c2cccs2)s1. The molecule has 1 aliphatic rings. The fraction of sp³-hybridized carbons (Fsp3) is 0.429. The Labute approximate surface area is 135 Å². The van der Waals surface area contributed by atoms with Crippen molar-refractivity contribution in [3.8, 4) is 9.88 Å². The normalized spacial score (nSPS) is 21.5. The van der Waals surface area contributed by atoms with Crippen LogP contribution >= 0.6 is 22.7 Å². The van der Waals surface area contributed by atoms with Crippen molar-refractivity contribution in [1.82, 2.24) is 10.2 Å². The van der Waals surface area contributed by atoms with Gasteiger partial charge in [-0.15, -0.1) is 21.5 Å². The van der Waals surface area contributed by atoms with Crippen LogP contribution in [0.1, 0.15) is 25.7 Å². The van der Waals surface area contributed by atoms with Gasteiger partial charge in [0.2, 0.25) is 11.0 Å². The molecule has 2 aromatic rings. The Hall–Kier alpha value is -1.80. The van der Waals surface area contributed by atoms with E-state index in [-0.39, 0.29) is 5.91 Å². The van der Waals surface area contributed by atoms with Crippen molar-refractivity contribution < 1.29 is 14.7 Å². The standard InChI is InChI=1S/C14H15N3O3S2/c18-11(8-4-1-2-5-9(8)13(19)20)15-14-17-16-12(22-14)10-6-3-7-21-10/h3,6-9H,1-2,4-5H2,(H,19,20)(H,15,17,18)/t8-,9-/m0/s1. The molecule has 2 N–H and O–H groups in total. The van der Waals surface area contributed by atoms with Gasteiger partial charge in [0.25, 0.3) is 0 Å². The number of anilines is 1. The van der Waals surface area contributed by atoms with Crippen molar-refractivity contribution in [2.24, 2.45) is 11.8 Å². The van der Waals surface area contributed by atoms with E-state index in [0.717, 1.165) is 22.7 Å². The number of hydrogen-bond donors (Lipinski definition) is 2. The molecule has 3 rings (SSSR count). The van der Waals surface area contributed by atoms with E-state index < -0.39 is 17.8 Å². The Morgan fingerprint density at radius 3 is 2.68 bits per heavy atom. The lowest BCUT2D eigenvalue weighted by Crippen LogP contribution is -2.36. The van der Waals surface area contributed by atoms with Crippen molar-refractivity contribution in [2.75, 3.05) is 5.32 Å². The highest BCUT2D eigenvalue weighted by Gasteiger charge is 2.36. The third-order valence-electron chi connectivity index (χ3n) is 3.81. The van der Waals surface area contributed by atoms with Gasteiger partial charge in [-0.25, -0.2) is 0 Å². The molecule has 2 aromatic heterocycles. The van der Waals surface area contributed by atoms with Crippen LogP contribution in [0.3, 0.4) is 0 Å². The summed E-state index contributed by atoms with van der Waals surface area (Å²) in [7, 11) is 0. The summed E-state index contributed by atoms with van der Waals surface area (Å²) >= 11 is 2.86. The van der Waals surface area contributed by atoms with Crippen LogP contribution in [0.4, 0.5) is 5.13 Å². The first-order valence-corrected chi connectivity index (χ1v) is 8.76. The van der Waals surface area contributed by atoms with Crippen LogP contribution < -0.4 is 5.32 Å². The Bertz CT molecular complexity index is 669. The molecule has 8 heteroatoms. The number of nitrogens with zero attached hydrogens (tertiary/aromatic N) is 2. The third-order valence-corrected chi connectivity index (χ3v) is 5.68. The second kappa shape index (κ2) is 6.53. The number of rotatable bonds is 4. The molecule has 1 saturated carbocycles. The minimum absolute atomic E-state index is 0.263. The lowest BCUT2D eigenvalue weighted by molar-refractivity contribution is -0.147. The molecular formula is C14H15N3O3S2. The molecule has 1 amide bonds. The molecule has 116 valence electrons. The fourth-order valence-corrected chi connectivity index (χ4v) is 4.25. The Morgan fingerprint density at radius 1 is 1.23 bits per heavy atom. The number of amides is 1. The number of carbonyl (C=O) groups is 2. The zero-order chi connectivity index (χ0) is 15.5. The molecule has 0 unspecified atom stereocenters. The second-order valence-electron chi connectivity index (χ2n) is 5.21. The molecule has 1 fully saturated rings. The molecule has 6 nitrogen and oxygen atoms in total. The van der Waals surface area contributed by atoms with Crippen LogP contribution in [-0.2, 0) is 9.59 Å². The molecule has 2 atom stereocenters. The van der Waals surface area contributed by atoms with Gasteiger partial charge in [0.15, 0.2) is 5.01 Å². The first-order valence-electron chi connectivity index (χ1n) is 7.06. The van der Waals surface area contributed by atoms with E-state index in [4.69, 9.17) is 0 Å². The van der Waals surface area contributed by atoms with Gasteiger partial charge in [-0.2, -0.15) is 0 Å². The highest BCUT2D eigenvalue weighted by atomic mass is 32.1. The number of aliphatic carboxylic acids is 1. The first kappa shape index (κ1) is 15.1. The number of thiophene rings is 1. The van der Waals surface area contributed by atoms with Gasteiger partial charge < -0.3 is 10.4 Å². The Morgan fingerprint density at radius 2 is 2.00 bits per heavy atom. The summed E-state index contributed by atoms with van der Waals surface area (Å²) in [4.78, 5) is 24.6. The quantitative estimate of drug-likeness (QED) is 0.894. The molecule has 0 radical (unpaired) electrons. The monoisotopic (exact) mass is 337 g/mol. The lowest BCUT2D eigenvalue weighted by Gasteiger charge is -2.26. The molecule has 0 spiro atoms. The van der Waals surface area contributed by atoms with Gasteiger partial charge in [0.1, 0.15) is 0 Å². The number of carboxylic acid groups (broad SMARTS) is 1. The summed E-state index contributed by atoms with van der Waals surface area (Å²) in [6.07, 6.45) is 2.92. The van der Waals surface area contributed by atoms with E-state index >= 15 is 0 Å². The van der Waals surface area contributed by atoms with Gasteiger partial charge >= 0.3 is 5.97 Å². The Balaban J connectivity index is 1.70. The zero-order valence-corrected chi connectivity index (χ0v) is 13.3. The summed E-state index contributed by atoms with van der Waals surface area (Å²) < 4.78 is 0. The molecule has 2 heterocycles. The summed E-state index contributed by atoms with van der Waals surface area (Å²) in [6, 6.07) is 3.87. The second-order valence-corrected chi connectivity index (χ2v) is 7.14. The highest BCUT2D eigenvalue weighted by molar-refractivity contribution is 7.23. The highest BCUT2D eigenvalue weighted by Crippen LogP contribution is 2.33. The van der Waals surface area contributed by atoms with E-state index in [2.05, 4.69) is 15.5 Å². The van der Waals surface area contributed by atoms with Gasteiger partial charge in [-0.1, -0.05) is 30.2 Å². The topological polar surface area (TPSA) is 92.2 Å². The fourth-order valence-electron chi connectivity index (χ4n) is 2.71. The van der Waals surface area contributed by atoms with Crippen LogP contribution in [-0.4, -0.2) is 27.2 Å². The van der Waals surface area contributed by atoms with Crippen molar-refractivity contribution >= 4 is 39.7 Å². The maximum absolute atomic E-state index is 12.3. The number of aromatic nitrogens is 2. The van der Waals surface area contributed by atoms with Crippen molar-refractivity contribution in [1.29, 1.82) is 0 Å². The molecule has 0 aliphatic heterocycles. The predicted molar refractivity (Wildman–Crippen MR) is 84.9 cm³/mol. The van der Waals surface area contributed by atoms with E-state index in [9.17, 15) is 14.7 Å². The van der Waals surface area contributed by atoms with Crippen molar-refractivity contribution in [3.05, 3.63) is 17.5 Å².